The third-order valence-electron chi connectivity index (χ3n) is 5.08. The van der Waals surface area contributed by atoms with E-state index >= 15 is 0 Å². The van der Waals surface area contributed by atoms with Crippen LogP contribution in [0.15, 0.2) is 36.4 Å². The van der Waals surface area contributed by atoms with Crippen molar-refractivity contribution in [2.45, 2.75) is 71.6 Å². The van der Waals surface area contributed by atoms with E-state index in [2.05, 4.69) is 17.6 Å². The van der Waals surface area contributed by atoms with Crippen molar-refractivity contribution >= 4 is 39.6 Å². The monoisotopic (exact) mass is 460 g/mol. The maximum atomic E-state index is 12.4. The van der Waals surface area contributed by atoms with E-state index in [0.29, 0.717) is 17.3 Å². The molecule has 0 unspecified atom stereocenters. The summed E-state index contributed by atoms with van der Waals surface area (Å²) in [6.45, 7) is 5.25. The minimum Gasteiger partial charge on any atom is -0.462 e. The normalized spacial score (nSPS) is 10.6. The summed E-state index contributed by atoms with van der Waals surface area (Å²) < 4.78 is 5.23. The van der Waals surface area contributed by atoms with Crippen LogP contribution in [0.4, 0.5) is 5.00 Å². The van der Waals surface area contributed by atoms with Gasteiger partial charge >= 0.3 is 5.97 Å². The summed E-state index contributed by atoms with van der Waals surface area (Å²) in [5.41, 5.74) is 1.59. The molecule has 0 bridgehead atoms. The highest BCUT2D eigenvalue weighted by atomic mass is 32.1. The second kappa shape index (κ2) is 15.0. The van der Waals surface area contributed by atoms with Crippen molar-refractivity contribution in [1.29, 1.82) is 0 Å². The van der Waals surface area contributed by atoms with E-state index in [-0.39, 0.29) is 5.97 Å². The lowest BCUT2D eigenvalue weighted by Crippen LogP contribution is -2.29. The number of carbonyl (C=O) groups is 1. The Morgan fingerprint density at radius 1 is 0.968 bits per heavy atom. The van der Waals surface area contributed by atoms with Gasteiger partial charge in [0.1, 0.15) is 5.00 Å². The van der Waals surface area contributed by atoms with Crippen molar-refractivity contribution in [1.82, 2.24) is 5.32 Å². The van der Waals surface area contributed by atoms with Gasteiger partial charge in [-0.1, -0.05) is 88.6 Å². The zero-order valence-corrected chi connectivity index (χ0v) is 20.5. The molecule has 2 aromatic rings. The molecule has 1 aromatic heterocycles. The topological polar surface area (TPSA) is 50.4 Å². The van der Waals surface area contributed by atoms with Crippen molar-refractivity contribution in [3.8, 4) is 10.4 Å². The number of carbonyl (C=O) groups excluding carboxylic acids is 1. The third-order valence-corrected chi connectivity index (χ3v) is 6.42. The van der Waals surface area contributed by atoms with Gasteiger partial charge in [0, 0.05) is 11.4 Å². The van der Waals surface area contributed by atoms with Gasteiger partial charge in [0.15, 0.2) is 5.11 Å². The van der Waals surface area contributed by atoms with E-state index in [4.69, 9.17) is 17.0 Å². The molecular formula is C25H36N2O2S2. The van der Waals surface area contributed by atoms with Crippen LogP contribution < -0.4 is 10.6 Å². The van der Waals surface area contributed by atoms with Crippen LogP contribution in [0.3, 0.4) is 0 Å². The highest BCUT2D eigenvalue weighted by Gasteiger charge is 2.18. The number of benzene rings is 1. The first-order chi connectivity index (χ1) is 15.2. The number of hydrogen-bond donors (Lipinski definition) is 2. The van der Waals surface area contributed by atoms with Crippen molar-refractivity contribution in [3.63, 3.8) is 0 Å². The highest BCUT2D eigenvalue weighted by molar-refractivity contribution is 7.80. The number of anilines is 1. The first-order valence-electron chi connectivity index (χ1n) is 11.6. The van der Waals surface area contributed by atoms with Crippen molar-refractivity contribution < 1.29 is 9.53 Å². The molecule has 0 aliphatic heterocycles. The molecule has 1 aromatic carbocycles. The zero-order valence-electron chi connectivity index (χ0n) is 18.9. The first-order valence-corrected chi connectivity index (χ1v) is 12.8. The van der Waals surface area contributed by atoms with Crippen LogP contribution >= 0.6 is 23.6 Å². The van der Waals surface area contributed by atoms with Crippen LogP contribution in [0.5, 0.6) is 0 Å². The summed E-state index contributed by atoms with van der Waals surface area (Å²) in [6, 6.07) is 11.9. The number of thiocarbonyl (C=S) groups is 1. The van der Waals surface area contributed by atoms with Gasteiger partial charge < -0.3 is 15.4 Å². The molecule has 0 saturated carbocycles. The lowest BCUT2D eigenvalue weighted by atomic mass is 10.1. The molecule has 4 nitrogen and oxygen atoms in total. The standard InChI is InChI=1S/C25H36N2O2S2/c1-3-5-6-7-8-9-10-11-15-18-26-25(30)27-23-21(24(28)29-4-2)19-22(31-23)20-16-13-12-14-17-20/h12-14,16-17,19H,3-11,15,18H2,1-2H3,(H2,26,27,30). The van der Waals surface area contributed by atoms with E-state index < -0.39 is 0 Å². The van der Waals surface area contributed by atoms with E-state index in [0.717, 1.165) is 28.4 Å². The molecule has 0 radical (unpaired) electrons. The Kier molecular flexibility index (Phi) is 12.2. The molecular weight excluding hydrogens is 424 g/mol. The number of hydrogen-bond acceptors (Lipinski definition) is 4. The van der Waals surface area contributed by atoms with Crippen LogP contribution in [0.1, 0.15) is 82.0 Å². The quantitative estimate of drug-likeness (QED) is 0.175. The Balaban J connectivity index is 1.79. The van der Waals surface area contributed by atoms with Crippen molar-refractivity contribution in [2.24, 2.45) is 0 Å². The minimum absolute atomic E-state index is 0.329. The molecule has 0 amide bonds. The smallest absolute Gasteiger partial charge is 0.341 e. The van der Waals surface area contributed by atoms with Gasteiger partial charge in [-0.2, -0.15) is 0 Å². The summed E-state index contributed by atoms with van der Waals surface area (Å²) >= 11 is 6.98. The SMILES string of the molecule is CCCCCCCCCCCNC(=S)Nc1sc(-c2ccccc2)cc1C(=O)OCC. The maximum absolute atomic E-state index is 12.4. The fourth-order valence-corrected chi connectivity index (χ4v) is 4.70. The summed E-state index contributed by atoms with van der Waals surface area (Å²) in [7, 11) is 0. The van der Waals surface area contributed by atoms with Crippen LogP contribution in [0, 0.1) is 0 Å². The van der Waals surface area contributed by atoms with Gasteiger partial charge in [-0.15, -0.1) is 11.3 Å². The summed E-state index contributed by atoms with van der Waals surface area (Å²) in [5, 5.41) is 7.75. The van der Waals surface area contributed by atoms with Crippen molar-refractivity contribution in [3.05, 3.63) is 42.0 Å². The molecule has 0 atom stereocenters. The molecule has 1 heterocycles. The van der Waals surface area contributed by atoms with Gasteiger partial charge in [-0.05, 0) is 37.2 Å². The van der Waals surface area contributed by atoms with Gasteiger partial charge in [0.05, 0.1) is 12.2 Å². The summed E-state index contributed by atoms with van der Waals surface area (Å²) in [4.78, 5) is 13.4. The van der Waals surface area contributed by atoms with E-state index in [1.807, 2.05) is 43.3 Å². The fourth-order valence-electron chi connectivity index (χ4n) is 3.37. The molecule has 0 spiro atoms. The van der Waals surface area contributed by atoms with Crippen LogP contribution in [-0.2, 0) is 4.74 Å². The number of ether oxygens (including phenoxy) is 1. The molecule has 0 saturated heterocycles. The Hall–Kier alpha value is -1.92. The van der Waals surface area contributed by atoms with Crippen LogP contribution in [0.25, 0.3) is 10.4 Å². The van der Waals surface area contributed by atoms with E-state index in [1.165, 1.54) is 62.7 Å². The number of thiophene rings is 1. The Labute approximate surface area is 196 Å². The summed E-state index contributed by atoms with van der Waals surface area (Å²) in [6.07, 6.45) is 11.7. The number of nitrogens with one attached hydrogen (secondary N) is 2. The van der Waals surface area contributed by atoms with Crippen LogP contribution in [-0.4, -0.2) is 24.2 Å². The lowest BCUT2D eigenvalue weighted by Gasteiger charge is -2.10. The largest absolute Gasteiger partial charge is 0.462 e. The fraction of sp³-hybridized carbons (Fsp3) is 0.520. The highest BCUT2D eigenvalue weighted by Crippen LogP contribution is 2.35. The molecule has 31 heavy (non-hydrogen) atoms. The van der Waals surface area contributed by atoms with E-state index in [9.17, 15) is 4.79 Å². The summed E-state index contributed by atoms with van der Waals surface area (Å²) in [5.74, 6) is -0.329. The molecule has 0 aliphatic rings. The first kappa shape index (κ1) is 25.3. The van der Waals surface area contributed by atoms with Crippen LogP contribution in [0.2, 0.25) is 0 Å². The van der Waals surface area contributed by atoms with E-state index in [1.54, 1.807) is 0 Å². The molecule has 6 heteroatoms. The number of unbranched alkanes of at least 4 members (excludes halogenated alkanes) is 8. The Morgan fingerprint density at radius 2 is 1.61 bits per heavy atom. The molecule has 0 fully saturated rings. The third kappa shape index (κ3) is 9.40. The second-order valence-electron chi connectivity index (χ2n) is 7.65. The zero-order chi connectivity index (χ0) is 22.3. The Morgan fingerprint density at radius 3 is 2.26 bits per heavy atom. The molecule has 170 valence electrons. The molecule has 0 aliphatic carbocycles. The number of esters is 1. The van der Waals surface area contributed by atoms with Gasteiger partial charge in [0.2, 0.25) is 0 Å². The number of rotatable bonds is 14. The maximum Gasteiger partial charge on any atom is 0.341 e. The average molecular weight is 461 g/mol. The second-order valence-corrected chi connectivity index (χ2v) is 9.11. The van der Waals surface area contributed by atoms with Gasteiger partial charge in [0.25, 0.3) is 0 Å². The average Bonchev–Trinajstić information content (AvgIpc) is 3.19. The predicted octanol–water partition coefficient (Wildman–Crippen LogP) is 7.41. The predicted molar refractivity (Wildman–Crippen MR) is 137 cm³/mol. The molecule has 2 rings (SSSR count). The lowest BCUT2D eigenvalue weighted by molar-refractivity contribution is 0.0528. The van der Waals surface area contributed by atoms with Gasteiger partial charge in [-0.3, -0.25) is 0 Å². The minimum atomic E-state index is -0.329. The Bertz CT molecular complexity index is 790. The molecule has 2 N–H and O–H groups in total. The van der Waals surface area contributed by atoms with Crippen molar-refractivity contribution in [2.75, 3.05) is 18.5 Å². The van der Waals surface area contributed by atoms with Gasteiger partial charge in [-0.25, -0.2) is 4.79 Å².